The maximum atomic E-state index is 12.2. The molecule has 2 N–H and O–H groups in total. The van der Waals surface area contributed by atoms with Crippen molar-refractivity contribution in [1.82, 2.24) is 10.1 Å². The zero-order valence-corrected chi connectivity index (χ0v) is 13.0. The van der Waals surface area contributed by atoms with Crippen molar-refractivity contribution in [1.29, 1.82) is 0 Å². The van der Waals surface area contributed by atoms with Crippen LogP contribution in [0.5, 0.6) is 0 Å². The van der Waals surface area contributed by atoms with Gasteiger partial charge in [-0.15, -0.1) is 0 Å². The Bertz CT molecular complexity index is 474. The second kappa shape index (κ2) is 7.04. The summed E-state index contributed by atoms with van der Waals surface area (Å²) in [5.41, 5.74) is 0.733. The molecule has 1 aromatic heterocycles. The second-order valence-electron chi connectivity index (χ2n) is 6.05. The van der Waals surface area contributed by atoms with Gasteiger partial charge < -0.3 is 9.63 Å². The van der Waals surface area contributed by atoms with E-state index in [4.69, 9.17) is 4.52 Å². The fourth-order valence-corrected chi connectivity index (χ4v) is 2.78. The number of rotatable bonds is 5. The number of aryl methyl sites for hydroxylation is 1. The number of hydrogen-bond acceptors (Lipinski definition) is 5. The normalized spacial score (nSPS) is 24.0. The van der Waals surface area contributed by atoms with Gasteiger partial charge in [0.1, 0.15) is 0 Å². The van der Waals surface area contributed by atoms with Gasteiger partial charge in [0.2, 0.25) is 11.8 Å². The Hall–Kier alpha value is -1.40. The molecule has 1 saturated carbocycles. The largest absolute Gasteiger partial charge is 0.393 e. The van der Waals surface area contributed by atoms with Crippen LogP contribution in [0.3, 0.4) is 0 Å². The van der Waals surface area contributed by atoms with Gasteiger partial charge in [0, 0.05) is 12.6 Å². The van der Waals surface area contributed by atoms with Gasteiger partial charge >= 0.3 is 0 Å². The lowest BCUT2D eigenvalue weighted by Gasteiger charge is -2.33. The summed E-state index contributed by atoms with van der Waals surface area (Å²) < 4.78 is 4.99. The van der Waals surface area contributed by atoms with E-state index in [9.17, 15) is 9.90 Å². The molecule has 1 fully saturated rings. The molecule has 2 rings (SSSR count). The van der Waals surface area contributed by atoms with Crippen LogP contribution in [0.15, 0.2) is 10.6 Å². The molecule has 1 aromatic rings. The van der Waals surface area contributed by atoms with Crippen molar-refractivity contribution in [3.05, 3.63) is 11.8 Å². The van der Waals surface area contributed by atoms with Crippen LogP contribution in [-0.2, 0) is 4.79 Å². The molecule has 6 heteroatoms. The van der Waals surface area contributed by atoms with Crippen molar-refractivity contribution in [2.24, 2.45) is 5.92 Å². The summed E-state index contributed by atoms with van der Waals surface area (Å²) in [5, 5.41) is 16.5. The Balaban J connectivity index is 1.85. The summed E-state index contributed by atoms with van der Waals surface area (Å²) in [5.74, 6) is 0.501. The molecular weight excluding hydrogens is 270 g/mol. The zero-order valence-electron chi connectivity index (χ0n) is 13.0. The number of amides is 1. The third-order valence-corrected chi connectivity index (χ3v) is 4.31. The standard InChI is InChI=1S/C15H25N3O3/c1-10-8-14(21-17-10)16-15(20)11(2)18(3)9-12-6-4-5-7-13(12)19/h8,11-13,19H,4-7,9H2,1-3H3,(H,16,20). The quantitative estimate of drug-likeness (QED) is 0.866. The summed E-state index contributed by atoms with van der Waals surface area (Å²) in [6.45, 7) is 4.39. The van der Waals surface area contributed by atoms with Crippen LogP contribution in [0.2, 0.25) is 0 Å². The molecule has 1 aliphatic rings. The Morgan fingerprint density at radius 2 is 2.29 bits per heavy atom. The fourth-order valence-electron chi connectivity index (χ4n) is 2.78. The van der Waals surface area contributed by atoms with Crippen LogP contribution in [0.1, 0.15) is 38.3 Å². The first kappa shape index (κ1) is 16.0. The van der Waals surface area contributed by atoms with Crippen LogP contribution in [0, 0.1) is 12.8 Å². The Morgan fingerprint density at radius 1 is 1.57 bits per heavy atom. The fraction of sp³-hybridized carbons (Fsp3) is 0.733. The molecule has 3 atom stereocenters. The molecule has 0 bridgehead atoms. The molecular formula is C15H25N3O3. The molecule has 0 radical (unpaired) electrons. The summed E-state index contributed by atoms with van der Waals surface area (Å²) in [6.07, 6.45) is 3.92. The van der Waals surface area contributed by atoms with Gasteiger partial charge in [-0.3, -0.25) is 15.0 Å². The maximum Gasteiger partial charge on any atom is 0.243 e. The van der Waals surface area contributed by atoms with Crippen LogP contribution in [-0.4, -0.2) is 46.8 Å². The van der Waals surface area contributed by atoms with E-state index in [0.29, 0.717) is 5.88 Å². The molecule has 3 unspecified atom stereocenters. The van der Waals surface area contributed by atoms with Crippen molar-refractivity contribution < 1.29 is 14.4 Å². The smallest absolute Gasteiger partial charge is 0.243 e. The number of carbonyl (C=O) groups excluding carboxylic acids is 1. The average molecular weight is 295 g/mol. The molecule has 0 aliphatic heterocycles. The topological polar surface area (TPSA) is 78.6 Å². The molecule has 1 aliphatic carbocycles. The number of carbonyl (C=O) groups is 1. The first-order valence-corrected chi connectivity index (χ1v) is 7.60. The van der Waals surface area contributed by atoms with E-state index in [-0.39, 0.29) is 24.0 Å². The van der Waals surface area contributed by atoms with Gasteiger partial charge in [0.05, 0.1) is 17.8 Å². The molecule has 1 heterocycles. The van der Waals surface area contributed by atoms with Crippen molar-refractivity contribution >= 4 is 11.8 Å². The molecule has 0 saturated heterocycles. The molecule has 0 aromatic carbocycles. The van der Waals surface area contributed by atoms with Crippen molar-refractivity contribution in [3.63, 3.8) is 0 Å². The first-order chi connectivity index (χ1) is 9.97. The first-order valence-electron chi connectivity index (χ1n) is 7.60. The summed E-state index contributed by atoms with van der Waals surface area (Å²) in [7, 11) is 1.91. The van der Waals surface area contributed by atoms with E-state index in [1.54, 1.807) is 13.0 Å². The average Bonchev–Trinajstić information content (AvgIpc) is 2.85. The van der Waals surface area contributed by atoms with Gasteiger partial charge in [0.15, 0.2) is 0 Å². The predicted molar refractivity (Wildman–Crippen MR) is 79.9 cm³/mol. The lowest BCUT2D eigenvalue weighted by Crippen LogP contribution is -2.44. The molecule has 1 amide bonds. The number of aliphatic hydroxyl groups excluding tert-OH is 1. The van der Waals surface area contributed by atoms with E-state index in [1.807, 2.05) is 18.9 Å². The van der Waals surface area contributed by atoms with Gasteiger partial charge in [0.25, 0.3) is 0 Å². The SMILES string of the molecule is Cc1cc(NC(=O)C(C)N(C)CC2CCCCC2O)on1. The van der Waals surface area contributed by atoms with Crippen LogP contribution < -0.4 is 5.32 Å². The Labute approximate surface area is 125 Å². The third-order valence-electron chi connectivity index (χ3n) is 4.31. The van der Waals surface area contributed by atoms with Gasteiger partial charge in [-0.25, -0.2) is 0 Å². The molecule has 21 heavy (non-hydrogen) atoms. The highest BCUT2D eigenvalue weighted by atomic mass is 16.5. The lowest BCUT2D eigenvalue weighted by molar-refractivity contribution is -0.120. The molecule has 6 nitrogen and oxygen atoms in total. The van der Waals surface area contributed by atoms with Crippen LogP contribution >= 0.6 is 0 Å². The number of nitrogens with zero attached hydrogens (tertiary/aromatic N) is 2. The maximum absolute atomic E-state index is 12.2. The van der Waals surface area contributed by atoms with Crippen LogP contribution in [0.25, 0.3) is 0 Å². The third kappa shape index (κ3) is 4.28. The van der Waals surface area contributed by atoms with E-state index in [1.165, 1.54) is 0 Å². The predicted octanol–water partition coefficient (Wildman–Crippen LogP) is 1.79. The van der Waals surface area contributed by atoms with Crippen molar-refractivity contribution in [3.8, 4) is 0 Å². The highest BCUT2D eigenvalue weighted by Gasteiger charge is 2.27. The van der Waals surface area contributed by atoms with E-state index in [0.717, 1.165) is 37.9 Å². The van der Waals surface area contributed by atoms with Gasteiger partial charge in [-0.1, -0.05) is 18.0 Å². The second-order valence-corrected chi connectivity index (χ2v) is 6.05. The number of hydrogen-bond donors (Lipinski definition) is 2. The van der Waals surface area contributed by atoms with Crippen molar-refractivity contribution in [2.75, 3.05) is 18.9 Å². The van der Waals surface area contributed by atoms with Gasteiger partial charge in [-0.05, 0) is 39.7 Å². The number of anilines is 1. The monoisotopic (exact) mass is 295 g/mol. The summed E-state index contributed by atoms with van der Waals surface area (Å²) >= 11 is 0. The zero-order chi connectivity index (χ0) is 15.4. The number of aliphatic hydroxyl groups is 1. The minimum absolute atomic E-state index is 0.126. The van der Waals surface area contributed by atoms with E-state index < -0.39 is 0 Å². The summed E-state index contributed by atoms with van der Waals surface area (Å²) in [4.78, 5) is 14.2. The van der Waals surface area contributed by atoms with E-state index in [2.05, 4.69) is 10.5 Å². The molecule has 118 valence electrons. The van der Waals surface area contributed by atoms with Gasteiger partial charge in [-0.2, -0.15) is 0 Å². The Kier molecular flexibility index (Phi) is 5.36. The highest BCUT2D eigenvalue weighted by Crippen LogP contribution is 2.25. The van der Waals surface area contributed by atoms with Crippen LogP contribution in [0.4, 0.5) is 5.88 Å². The number of likely N-dealkylation sites (N-methyl/N-ethyl adjacent to an activating group) is 1. The lowest BCUT2D eigenvalue weighted by atomic mass is 9.86. The molecule has 0 spiro atoms. The highest BCUT2D eigenvalue weighted by molar-refractivity contribution is 5.93. The summed E-state index contributed by atoms with van der Waals surface area (Å²) in [6, 6.07) is 1.40. The number of aromatic nitrogens is 1. The minimum atomic E-state index is -0.287. The Morgan fingerprint density at radius 3 is 2.90 bits per heavy atom. The minimum Gasteiger partial charge on any atom is -0.393 e. The number of nitrogens with one attached hydrogen (secondary N) is 1. The van der Waals surface area contributed by atoms with E-state index >= 15 is 0 Å². The van der Waals surface area contributed by atoms with Crippen molar-refractivity contribution in [2.45, 2.75) is 51.7 Å².